The molecule has 6 heteroatoms. The lowest BCUT2D eigenvalue weighted by atomic mass is 9.80. The van der Waals surface area contributed by atoms with E-state index in [4.69, 9.17) is 0 Å². The summed E-state index contributed by atoms with van der Waals surface area (Å²) < 4.78 is 27.6. The second-order valence-electron chi connectivity index (χ2n) is 9.28. The third-order valence-electron chi connectivity index (χ3n) is 7.29. The molecule has 0 radical (unpaired) electrons. The summed E-state index contributed by atoms with van der Waals surface area (Å²) in [4.78, 5) is 30.0. The molecule has 4 nitrogen and oxygen atoms in total. The molecule has 0 N–H and O–H groups in total. The fraction of sp³-hybridized carbons (Fsp3) is 0.462. The first-order valence-corrected chi connectivity index (χ1v) is 11.7. The number of benzene rings is 2. The summed E-state index contributed by atoms with van der Waals surface area (Å²) in [5.74, 6) is -0.827. The second-order valence-corrected chi connectivity index (χ2v) is 9.28. The van der Waals surface area contributed by atoms with E-state index >= 15 is 0 Å². The van der Waals surface area contributed by atoms with Crippen LogP contribution in [0.1, 0.15) is 49.7 Å². The molecule has 0 atom stereocenters. The van der Waals surface area contributed by atoms with E-state index in [1.165, 1.54) is 24.3 Å². The van der Waals surface area contributed by atoms with Gasteiger partial charge in [0.2, 0.25) is 11.8 Å². The number of carbonyl (C=O) groups is 2. The number of amides is 2. The molecular weight excluding hydrogens is 410 g/mol. The van der Waals surface area contributed by atoms with Crippen LogP contribution in [0.4, 0.5) is 20.2 Å². The zero-order valence-electron chi connectivity index (χ0n) is 18.2. The molecule has 3 aliphatic rings. The average molecular weight is 439 g/mol. The van der Waals surface area contributed by atoms with Gasteiger partial charge in [-0.25, -0.2) is 8.78 Å². The molecule has 0 aromatic heterocycles. The van der Waals surface area contributed by atoms with E-state index in [2.05, 4.69) is 0 Å². The molecule has 1 fully saturated rings. The minimum absolute atomic E-state index is 0.0489. The Morgan fingerprint density at radius 1 is 0.688 bits per heavy atom. The topological polar surface area (TPSA) is 40.6 Å². The number of halogens is 2. The van der Waals surface area contributed by atoms with Crippen LogP contribution in [0.25, 0.3) is 0 Å². The van der Waals surface area contributed by atoms with Crippen molar-refractivity contribution in [3.63, 3.8) is 0 Å². The van der Waals surface area contributed by atoms with E-state index in [1.807, 2.05) is 0 Å². The van der Waals surface area contributed by atoms with Crippen molar-refractivity contribution in [3.8, 4) is 0 Å². The third kappa shape index (κ3) is 3.91. The van der Waals surface area contributed by atoms with Crippen molar-refractivity contribution in [2.24, 2.45) is 11.8 Å². The molecule has 32 heavy (non-hydrogen) atoms. The molecule has 2 amide bonds. The van der Waals surface area contributed by atoms with E-state index in [1.54, 1.807) is 21.9 Å². The van der Waals surface area contributed by atoms with Crippen LogP contribution in [0, 0.1) is 23.5 Å². The molecule has 2 heterocycles. The SMILES string of the molecule is O=C(C1CCC(C(=O)N2CCCc3ccc(F)cc32)CC1)N1CCCc2ccc(F)cc21. The first-order valence-electron chi connectivity index (χ1n) is 11.7. The summed E-state index contributed by atoms with van der Waals surface area (Å²) in [7, 11) is 0. The predicted molar refractivity (Wildman–Crippen MR) is 120 cm³/mol. The van der Waals surface area contributed by atoms with Crippen molar-refractivity contribution in [1.29, 1.82) is 0 Å². The highest BCUT2D eigenvalue weighted by Gasteiger charge is 2.36. The van der Waals surface area contributed by atoms with Gasteiger partial charge < -0.3 is 9.80 Å². The van der Waals surface area contributed by atoms with Gasteiger partial charge in [0.1, 0.15) is 11.6 Å². The zero-order chi connectivity index (χ0) is 22.2. The van der Waals surface area contributed by atoms with Crippen LogP contribution in [0.2, 0.25) is 0 Å². The molecule has 2 aliphatic heterocycles. The summed E-state index contributed by atoms with van der Waals surface area (Å²) in [6.07, 6.45) is 6.09. The Bertz CT molecular complexity index is 963. The molecule has 1 saturated carbocycles. The van der Waals surface area contributed by atoms with Crippen LogP contribution in [0.3, 0.4) is 0 Å². The zero-order valence-corrected chi connectivity index (χ0v) is 18.2. The quantitative estimate of drug-likeness (QED) is 0.660. The van der Waals surface area contributed by atoms with Crippen LogP contribution < -0.4 is 9.80 Å². The fourth-order valence-electron chi connectivity index (χ4n) is 5.58. The molecule has 168 valence electrons. The second kappa shape index (κ2) is 8.64. The van der Waals surface area contributed by atoms with Crippen LogP contribution in [-0.2, 0) is 22.4 Å². The Kier molecular flexibility index (Phi) is 5.70. The molecule has 2 aromatic carbocycles. The molecule has 0 bridgehead atoms. The van der Waals surface area contributed by atoms with Crippen molar-refractivity contribution >= 4 is 23.2 Å². The lowest BCUT2D eigenvalue weighted by Gasteiger charge is -2.37. The van der Waals surface area contributed by atoms with E-state index < -0.39 is 0 Å². The van der Waals surface area contributed by atoms with Crippen molar-refractivity contribution in [1.82, 2.24) is 0 Å². The van der Waals surface area contributed by atoms with Crippen LogP contribution in [0.5, 0.6) is 0 Å². The summed E-state index contributed by atoms with van der Waals surface area (Å²) in [6.45, 7) is 1.23. The van der Waals surface area contributed by atoms with E-state index in [0.29, 0.717) is 50.1 Å². The minimum atomic E-state index is -0.323. The highest BCUT2D eigenvalue weighted by atomic mass is 19.1. The number of fused-ring (bicyclic) bond motifs is 2. The largest absolute Gasteiger partial charge is 0.312 e. The van der Waals surface area contributed by atoms with Gasteiger partial charge in [-0.15, -0.1) is 0 Å². The summed E-state index contributed by atoms with van der Waals surface area (Å²) in [6, 6.07) is 9.39. The highest BCUT2D eigenvalue weighted by molar-refractivity contribution is 5.98. The molecular formula is C26H28F2N2O2. The maximum absolute atomic E-state index is 13.8. The van der Waals surface area contributed by atoms with Crippen molar-refractivity contribution in [2.45, 2.75) is 51.4 Å². The summed E-state index contributed by atoms with van der Waals surface area (Å²) in [5.41, 5.74) is 3.44. The third-order valence-corrected chi connectivity index (χ3v) is 7.29. The Morgan fingerprint density at radius 3 is 1.50 bits per heavy atom. The number of aryl methyl sites for hydroxylation is 2. The summed E-state index contributed by atoms with van der Waals surface area (Å²) in [5, 5.41) is 0. The Morgan fingerprint density at radius 2 is 1.09 bits per heavy atom. The van der Waals surface area contributed by atoms with Gasteiger partial charge in [-0.05, 0) is 86.8 Å². The van der Waals surface area contributed by atoms with Crippen LogP contribution >= 0.6 is 0 Å². The Labute approximate surface area is 187 Å². The van der Waals surface area contributed by atoms with E-state index in [9.17, 15) is 18.4 Å². The van der Waals surface area contributed by atoms with Gasteiger partial charge in [0.15, 0.2) is 0 Å². The maximum atomic E-state index is 13.8. The Hall–Kier alpha value is -2.76. The van der Waals surface area contributed by atoms with Gasteiger partial charge in [-0.2, -0.15) is 0 Å². The van der Waals surface area contributed by atoms with Crippen molar-refractivity contribution in [2.75, 3.05) is 22.9 Å². The smallest absolute Gasteiger partial charge is 0.230 e. The molecule has 0 saturated heterocycles. The fourth-order valence-corrected chi connectivity index (χ4v) is 5.58. The minimum Gasteiger partial charge on any atom is -0.312 e. The summed E-state index contributed by atoms with van der Waals surface area (Å²) >= 11 is 0. The normalized spacial score (nSPS) is 22.8. The molecule has 5 rings (SSSR count). The molecule has 0 spiro atoms. The molecule has 2 aromatic rings. The van der Waals surface area contributed by atoms with E-state index in [-0.39, 0.29) is 35.3 Å². The maximum Gasteiger partial charge on any atom is 0.230 e. The van der Waals surface area contributed by atoms with Gasteiger partial charge >= 0.3 is 0 Å². The molecule has 0 unspecified atom stereocenters. The van der Waals surface area contributed by atoms with Gasteiger partial charge in [0.05, 0.1) is 0 Å². The number of rotatable bonds is 2. The number of anilines is 2. The standard InChI is InChI=1S/C26H28F2N2O2/c27-21-11-9-17-3-1-13-29(23(17)15-21)25(31)19-5-7-20(8-6-19)26(32)30-14-2-4-18-10-12-22(28)16-24(18)30/h9-12,15-16,19-20H,1-8,13-14H2. The van der Waals surface area contributed by atoms with Gasteiger partial charge in [0.25, 0.3) is 0 Å². The molecule has 1 aliphatic carbocycles. The van der Waals surface area contributed by atoms with Gasteiger partial charge in [-0.3, -0.25) is 9.59 Å². The number of hydrogen-bond donors (Lipinski definition) is 0. The van der Waals surface area contributed by atoms with Crippen molar-refractivity contribution < 1.29 is 18.4 Å². The monoisotopic (exact) mass is 438 g/mol. The number of nitrogens with zero attached hydrogens (tertiary/aromatic N) is 2. The highest BCUT2D eigenvalue weighted by Crippen LogP contribution is 2.37. The Balaban J connectivity index is 1.26. The first kappa shape index (κ1) is 21.1. The van der Waals surface area contributed by atoms with Gasteiger partial charge in [-0.1, -0.05) is 12.1 Å². The predicted octanol–water partition coefficient (Wildman–Crippen LogP) is 5.03. The van der Waals surface area contributed by atoms with Crippen LogP contribution in [-0.4, -0.2) is 24.9 Å². The van der Waals surface area contributed by atoms with E-state index in [0.717, 1.165) is 36.8 Å². The van der Waals surface area contributed by atoms with Gasteiger partial charge in [0, 0.05) is 36.3 Å². The number of carbonyl (C=O) groups excluding carboxylic acids is 2. The average Bonchev–Trinajstić information content (AvgIpc) is 2.82. The first-order chi connectivity index (χ1) is 15.5. The lowest BCUT2D eigenvalue weighted by molar-refractivity contribution is -0.127. The lowest BCUT2D eigenvalue weighted by Crippen LogP contribution is -2.44. The van der Waals surface area contributed by atoms with Crippen LogP contribution in [0.15, 0.2) is 36.4 Å². The van der Waals surface area contributed by atoms with Crippen molar-refractivity contribution in [3.05, 3.63) is 59.2 Å². The number of hydrogen-bond acceptors (Lipinski definition) is 2.